The lowest BCUT2D eigenvalue weighted by molar-refractivity contribution is -0.147. The van der Waals surface area contributed by atoms with E-state index < -0.39 is 15.9 Å². The van der Waals surface area contributed by atoms with Crippen LogP contribution < -0.4 is 10.9 Å². The van der Waals surface area contributed by atoms with Gasteiger partial charge in [-0.2, -0.15) is 4.31 Å². The molecule has 1 aliphatic heterocycles. The minimum absolute atomic E-state index is 0.0730. The van der Waals surface area contributed by atoms with E-state index in [0.717, 1.165) is 32.1 Å². The van der Waals surface area contributed by atoms with E-state index in [2.05, 4.69) is 10.9 Å². The van der Waals surface area contributed by atoms with E-state index >= 15 is 0 Å². The van der Waals surface area contributed by atoms with Crippen LogP contribution in [-0.4, -0.2) is 37.6 Å². The fraction of sp³-hybridized carbons (Fsp3) is 0.636. The summed E-state index contributed by atoms with van der Waals surface area (Å²) in [5, 5.41) is 0.0843. The summed E-state index contributed by atoms with van der Waals surface area (Å²) in [5.41, 5.74) is 4.91. The second kappa shape index (κ2) is 7.74. The molecule has 2 amide bonds. The van der Waals surface area contributed by atoms with Crippen molar-refractivity contribution in [1.29, 1.82) is 0 Å². The summed E-state index contributed by atoms with van der Waals surface area (Å²) in [5.74, 6) is 1.22. The van der Waals surface area contributed by atoms with Crippen molar-refractivity contribution in [2.45, 2.75) is 56.3 Å². The summed E-state index contributed by atoms with van der Waals surface area (Å²) in [7, 11) is -3.75. The van der Waals surface area contributed by atoms with Gasteiger partial charge in [0.15, 0.2) is 0 Å². The summed E-state index contributed by atoms with van der Waals surface area (Å²) < 4.78 is 27.2. The highest BCUT2D eigenvalue weighted by molar-refractivity contribution is 7.89. The van der Waals surface area contributed by atoms with Crippen LogP contribution in [0, 0.1) is 23.2 Å². The summed E-state index contributed by atoms with van der Waals surface area (Å²) in [4.78, 5) is 25.7. The number of halogens is 1. The SMILES string of the molecule is O=C(NNC(=O)C12CC3CC(CC(C3)C1)C2)c1ccc(Cl)c(S(=O)(=O)N2CCCC2)c1. The summed E-state index contributed by atoms with van der Waals surface area (Å²) in [6.45, 7) is 0.909. The van der Waals surface area contributed by atoms with E-state index in [4.69, 9.17) is 11.6 Å². The molecule has 1 heterocycles. The molecule has 1 aromatic rings. The predicted octanol–water partition coefficient (Wildman–Crippen LogP) is 3.10. The topological polar surface area (TPSA) is 95.6 Å². The summed E-state index contributed by atoms with van der Waals surface area (Å²) in [6, 6.07) is 4.18. The molecule has 1 aromatic carbocycles. The molecule has 0 atom stereocenters. The molecule has 0 aromatic heterocycles. The molecule has 4 aliphatic carbocycles. The number of carbonyl (C=O) groups excluding carboxylic acids is 2. The quantitative estimate of drug-likeness (QED) is 0.668. The molecule has 2 N–H and O–H groups in total. The third-order valence-corrected chi connectivity index (χ3v) is 10.1. The Bertz CT molecular complexity index is 984. The Morgan fingerprint density at radius 3 is 2.13 bits per heavy atom. The Hall–Kier alpha value is -1.64. The number of hydrogen-bond donors (Lipinski definition) is 2. The minimum Gasteiger partial charge on any atom is -0.273 e. The van der Waals surface area contributed by atoms with Gasteiger partial charge in [0.25, 0.3) is 5.91 Å². The number of hydrazine groups is 1. The van der Waals surface area contributed by atoms with Crippen LogP contribution in [0.5, 0.6) is 0 Å². The standard InChI is InChI=1S/C22H28ClN3O4S/c23-18-4-3-17(10-19(18)31(29,30)26-5-1-2-6-26)20(27)24-25-21(28)22-11-14-7-15(12-22)9-16(8-14)13-22/h3-4,10,14-16H,1-2,5-9,11-13H2,(H,24,27)(H,25,28). The van der Waals surface area contributed by atoms with E-state index in [-0.39, 0.29) is 26.8 Å². The van der Waals surface area contributed by atoms with Crippen molar-refractivity contribution in [1.82, 2.24) is 15.2 Å². The number of carbonyl (C=O) groups is 2. The number of nitrogens with zero attached hydrogens (tertiary/aromatic N) is 1. The highest BCUT2D eigenvalue weighted by Crippen LogP contribution is 2.60. The van der Waals surface area contributed by atoms with Crippen molar-refractivity contribution < 1.29 is 18.0 Å². The summed E-state index contributed by atoms with van der Waals surface area (Å²) >= 11 is 6.16. The zero-order valence-corrected chi connectivity index (χ0v) is 19.0. The molecule has 5 fully saturated rings. The van der Waals surface area contributed by atoms with Crippen LogP contribution in [0.1, 0.15) is 61.7 Å². The third kappa shape index (κ3) is 3.76. The van der Waals surface area contributed by atoms with Gasteiger partial charge in [0, 0.05) is 18.7 Å². The minimum atomic E-state index is -3.75. The van der Waals surface area contributed by atoms with Gasteiger partial charge in [-0.1, -0.05) is 11.6 Å². The van der Waals surface area contributed by atoms with Crippen LogP contribution in [0.3, 0.4) is 0 Å². The number of benzene rings is 1. The molecule has 1 saturated heterocycles. The zero-order valence-electron chi connectivity index (χ0n) is 17.4. The lowest BCUT2D eigenvalue weighted by atomic mass is 9.49. The van der Waals surface area contributed by atoms with Crippen molar-refractivity contribution in [2.24, 2.45) is 23.2 Å². The first-order valence-electron chi connectivity index (χ1n) is 11.2. The van der Waals surface area contributed by atoms with Crippen LogP contribution in [0.25, 0.3) is 0 Å². The zero-order chi connectivity index (χ0) is 21.8. The Kier molecular flexibility index (Phi) is 5.30. The van der Waals surface area contributed by atoms with E-state index in [1.807, 2.05) is 0 Å². The number of sulfonamides is 1. The molecule has 31 heavy (non-hydrogen) atoms. The molecule has 168 valence electrons. The van der Waals surface area contributed by atoms with Crippen LogP contribution in [0.15, 0.2) is 23.1 Å². The van der Waals surface area contributed by atoms with Gasteiger partial charge in [0.1, 0.15) is 4.90 Å². The van der Waals surface area contributed by atoms with Gasteiger partial charge < -0.3 is 0 Å². The summed E-state index contributed by atoms with van der Waals surface area (Å²) in [6.07, 6.45) is 8.04. The molecule has 4 saturated carbocycles. The average Bonchev–Trinajstić information content (AvgIpc) is 3.27. The second-order valence-electron chi connectivity index (χ2n) is 9.86. The van der Waals surface area contributed by atoms with Gasteiger partial charge in [-0.05, 0) is 87.3 Å². The van der Waals surface area contributed by atoms with E-state index in [0.29, 0.717) is 30.8 Å². The molecule has 6 rings (SSSR count). The van der Waals surface area contributed by atoms with Gasteiger partial charge in [0.2, 0.25) is 15.9 Å². The molecule has 5 aliphatic rings. The van der Waals surface area contributed by atoms with Crippen molar-refractivity contribution in [3.8, 4) is 0 Å². The van der Waals surface area contributed by atoms with Gasteiger partial charge in [-0.3, -0.25) is 20.4 Å². The molecular formula is C22H28ClN3O4S. The normalized spacial score (nSPS) is 32.2. The molecule has 4 bridgehead atoms. The monoisotopic (exact) mass is 465 g/mol. The lowest BCUT2D eigenvalue weighted by Crippen LogP contribution is -2.56. The predicted molar refractivity (Wildman–Crippen MR) is 116 cm³/mol. The number of amides is 2. The van der Waals surface area contributed by atoms with Gasteiger partial charge in [-0.25, -0.2) is 8.42 Å². The maximum absolute atomic E-state index is 13.0. The van der Waals surface area contributed by atoms with E-state index in [1.165, 1.54) is 41.8 Å². The molecule has 7 nitrogen and oxygen atoms in total. The highest BCUT2D eigenvalue weighted by Gasteiger charge is 2.54. The smallest absolute Gasteiger partial charge is 0.269 e. The fourth-order valence-electron chi connectivity index (χ4n) is 6.62. The number of rotatable bonds is 4. The van der Waals surface area contributed by atoms with Gasteiger partial charge >= 0.3 is 0 Å². The first kappa shape index (κ1) is 21.2. The van der Waals surface area contributed by atoms with Crippen molar-refractivity contribution in [3.63, 3.8) is 0 Å². The number of nitrogens with one attached hydrogen (secondary N) is 2. The van der Waals surface area contributed by atoms with Crippen molar-refractivity contribution in [2.75, 3.05) is 13.1 Å². The van der Waals surface area contributed by atoms with Crippen molar-refractivity contribution in [3.05, 3.63) is 28.8 Å². The maximum atomic E-state index is 13.0. The second-order valence-corrected chi connectivity index (χ2v) is 12.2. The van der Waals surface area contributed by atoms with Crippen LogP contribution >= 0.6 is 11.6 Å². The first-order valence-corrected chi connectivity index (χ1v) is 13.0. The Morgan fingerprint density at radius 2 is 1.55 bits per heavy atom. The largest absolute Gasteiger partial charge is 0.273 e. The number of hydrogen-bond acceptors (Lipinski definition) is 4. The van der Waals surface area contributed by atoms with E-state index in [1.54, 1.807) is 0 Å². The third-order valence-electron chi connectivity index (χ3n) is 7.69. The molecular weight excluding hydrogens is 438 g/mol. The highest BCUT2D eigenvalue weighted by atomic mass is 35.5. The fourth-order valence-corrected chi connectivity index (χ4v) is 8.63. The Morgan fingerprint density at radius 1 is 0.968 bits per heavy atom. The molecule has 9 heteroatoms. The molecule has 0 radical (unpaired) electrons. The Labute approximate surface area is 187 Å². The van der Waals surface area contributed by atoms with Crippen molar-refractivity contribution >= 4 is 33.4 Å². The van der Waals surface area contributed by atoms with Gasteiger partial charge in [0.05, 0.1) is 10.4 Å². The van der Waals surface area contributed by atoms with Crippen LogP contribution in [0.2, 0.25) is 5.02 Å². The average molecular weight is 466 g/mol. The van der Waals surface area contributed by atoms with Crippen LogP contribution in [0.4, 0.5) is 0 Å². The lowest BCUT2D eigenvalue weighted by Gasteiger charge is -2.55. The maximum Gasteiger partial charge on any atom is 0.269 e. The van der Waals surface area contributed by atoms with Gasteiger partial charge in [-0.15, -0.1) is 0 Å². The Balaban J connectivity index is 1.28. The molecule has 0 unspecified atom stereocenters. The first-order chi connectivity index (χ1) is 14.8. The molecule has 0 spiro atoms. The van der Waals surface area contributed by atoms with E-state index in [9.17, 15) is 18.0 Å². The van der Waals surface area contributed by atoms with Crippen LogP contribution in [-0.2, 0) is 14.8 Å².